The van der Waals surface area contributed by atoms with Crippen LogP contribution in [-0.4, -0.2) is 48.7 Å². The maximum absolute atomic E-state index is 9.70. The second-order valence-corrected chi connectivity index (χ2v) is 5.16. The number of rotatable bonds is 6. The fourth-order valence-corrected chi connectivity index (χ4v) is 2.50. The summed E-state index contributed by atoms with van der Waals surface area (Å²) in [4.78, 5) is 0. The van der Waals surface area contributed by atoms with Gasteiger partial charge in [-0.05, 0) is 33.1 Å². The molecule has 4 unspecified atom stereocenters. The first-order valence-corrected chi connectivity index (χ1v) is 6.33. The Balaban J connectivity index is 1.60. The van der Waals surface area contributed by atoms with Crippen LogP contribution in [0.3, 0.4) is 0 Å². The molecule has 4 atom stereocenters. The first-order chi connectivity index (χ1) is 7.65. The van der Waals surface area contributed by atoms with Gasteiger partial charge < -0.3 is 19.9 Å². The van der Waals surface area contributed by atoms with Crippen molar-refractivity contribution in [3.05, 3.63) is 0 Å². The van der Waals surface area contributed by atoms with Crippen LogP contribution in [-0.2, 0) is 9.47 Å². The highest BCUT2D eigenvalue weighted by Gasteiger charge is 2.40. The number of fused-ring (bicyclic) bond motifs is 2. The van der Waals surface area contributed by atoms with Crippen molar-refractivity contribution in [2.75, 3.05) is 13.2 Å². The molecule has 2 aliphatic rings. The van der Waals surface area contributed by atoms with Crippen molar-refractivity contribution in [2.45, 2.75) is 63.6 Å². The molecule has 0 aromatic heterocycles. The van der Waals surface area contributed by atoms with Gasteiger partial charge >= 0.3 is 0 Å². The van der Waals surface area contributed by atoms with Gasteiger partial charge in [0.2, 0.25) is 0 Å². The van der Waals surface area contributed by atoms with Crippen LogP contribution in [0.2, 0.25) is 0 Å². The van der Waals surface area contributed by atoms with Crippen LogP contribution in [0.15, 0.2) is 0 Å². The van der Waals surface area contributed by atoms with Crippen molar-refractivity contribution in [1.29, 1.82) is 0 Å². The molecule has 0 saturated carbocycles. The molecule has 0 aromatic carbocycles. The molecule has 2 N–H and O–H groups in total. The van der Waals surface area contributed by atoms with Crippen LogP contribution >= 0.6 is 0 Å². The Bertz CT molecular complexity index is 222. The molecule has 0 radical (unpaired) electrons. The normalized spacial score (nSPS) is 34.9. The molecule has 4 heteroatoms. The van der Waals surface area contributed by atoms with Gasteiger partial charge in [0, 0.05) is 12.6 Å². The van der Waals surface area contributed by atoms with Crippen LogP contribution in [0.5, 0.6) is 0 Å². The van der Waals surface area contributed by atoms with Gasteiger partial charge in [-0.25, -0.2) is 0 Å². The van der Waals surface area contributed by atoms with Gasteiger partial charge in [-0.2, -0.15) is 0 Å². The van der Waals surface area contributed by atoms with E-state index in [1.54, 1.807) is 0 Å². The summed E-state index contributed by atoms with van der Waals surface area (Å²) in [6.07, 6.45) is 4.09. The average Bonchev–Trinajstić information content (AvgIpc) is 2.84. The maximum atomic E-state index is 9.70. The average molecular weight is 229 g/mol. The van der Waals surface area contributed by atoms with Crippen molar-refractivity contribution in [1.82, 2.24) is 5.32 Å². The summed E-state index contributed by atoms with van der Waals surface area (Å²) >= 11 is 0. The number of hydrogen-bond donors (Lipinski definition) is 2. The minimum Gasteiger partial charge on any atom is -0.389 e. The lowest BCUT2D eigenvalue weighted by atomic mass is 9.95. The smallest absolute Gasteiger partial charge is 0.0897 e. The predicted molar refractivity (Wildman–Crippen MR) is 61.4 cm³/mol. The first kappa shape index (κ1) is 12.3. The highest BCUT2D eigenvalue weighted by atomic mass is 16.5. The minimum absolute atomic E-state index is 0.181. The maximum Gasteiger partial charge on any atom is 0.0897 e. The van der Waals surface area contributed by atoms with Gasteiger partial charge in [0.15, 0.2) is 0 Å². The van der Waals surface area contributed by atoms with E-state index in [9.17, 15) is 5.11 Å². The van der Waals surface area contributed by atoms with Crippen molar-refractivity contribution in [3.63, 3.8) is 0 Å². The SMILES string of the molecule is CC(C)OCC(O)CNC1CC2CCC1O2. The molecule has 0 aliphatic carbocycles. The fourth-order valence-electron chi connectivity index (χ4n) is 2.50. The van der Waals surface area contributed by atoms with Crippen LogP contribution in [0.1, 0.15) is 33.1 Å². The summed E-state index contributed by atoms with van der Waals surface area (Å²) in [5, 5.41) is 13.1. The molecule has 94 valence electrons. The number of nitrogens with one attached hydrogen (secondary N) is 1. The predicted octanol–water partition coefficient (Wildman–Crippen LogP) is 0.682. The van der Waals surface area contributed by atoms with Crippen LogP contribution < -0.4 is 5.32 Å². The molecule has 16 heavy (non-hydrogen) atoms. The highest BCUT2D eigenvalue weighted by molar-refractivity contribution is 4.94. The van der Waals surface area contributed by atoms with Crippen molar-refractivity contribution < 1.29 is 14.6 Å². The number of aliphatic hydroxyl groups is 1. The summed E-state index contributed by atoms with van der Waals surface area (Å²) in [6, 6.07) is 0.437. The number of ether oxygens (including phenoxy) is 2. The Morgan fingerprint density at radius 3 is 2.81 bits per heavy atom. The van der Waals surface area contributed by atoms with Gasteiger partial charge in [0.1, 0.15) is 0 Å². The van der Waals surface area contributed by atoms with Crippen molar-refractivity contribution >= 4 is 0 Å². The third-order valence-electron chi connectivity index (χ3n) is 3.34. The monoisotopic (exact) mass is 229 g/mol. The standard InChI is InChI=1S/C12H23NO3/c1-8(2)15-7-9(14)6-13-11-5-10-3-4-12(11)16-10/h8-14H,3-7H2,1-2H3. The summed E-state index contributed by atoms with van der Waals surface area (Å²) in [5.41, 5.74) is 0. The summed E-state index contributed by atoms with van der Waals surface area (Å²) in [6.45, 7) is 4.96. The molecule has 2 saturated heterocycles. The zero-order valence-corrected chi connectivity index (χ0v) is 10.2. The topological polar surface area (TPSA) is 50.7 Å². The van der Waals surface area contributed by atoms with E-state index in [0.717, 1.165) is 6.42 Å². The number of hydrogen-bond acceptors (Lipinski definition) is 4. The number of aliphatic hydroxyl groups excluding tert-OH is 1. The van der Waals surface area contributed by atoms with E-state index < -0.39 is 6.10 Å². The van der Waals surface area contributed by atoms with Gasteiger partial charge in [-0.3, -0.25) is 0 Å². The molecule has 2 fully saturated rings. The van der Waals surface area contributed by atoms with E-state index in [1.165, 1.54) is 12.8 Å². The molecule has 0 amide bonds. The zero-order chi connectivity index (χ0) is 11.5. The van der Waals surface area contributed by atoms with Crippen LogP contribution in [0.4, 0.5) is 0 Å². The summed E-state index contributed by atoms with van der Waals surface area (Å²) in [7, 11) is 0. The van der Waals surface area contributed by atoms with E-state index in [2.05, 4.69) is 5.32 Å². The second-order valence-electron chi connectivity index (χ2n) is 5.16. The van der Waals surface area contributed by atoms with Gasteiger partial charge in [0.05, 0.1) is 31.0 Å². The van der Waals surface area contributed by atoms with E-state index in [1.807, 2.05) is 13.8 Å². The fraction of sp³-hybridized carbons (Fsp3) is 1.00. The lowest BCUT2D eigenvalue weighted by Gasteiger charge is -2.22. The van der Waals surface area contributed by atoms with Gasteiger partial charge in [-0.15, -0.1) is 0 Å². The van der Waals surface area contributed by atoms with E-state index in [-0.39, 0.29) is 6.10 Å². The zero-order valence-electron chi connectivity index (χ0n) is 10.2. The Hall–Kier alpha value is -0.160. The molecule has 0 aromatic rings. The Morgan fingerprint density at radius 1 is 1.44 bits per heavy atom. The second kappa shape index (κ2) is 5.45. The third kappa shape index (κ3) is 3.17. The van der Waals surface area contributed by atoms with Crippen molar-refractivity contribution in [2.24, 2.45) is 0 Å². The summed E-state index contributed by atoms with van der Waals surface area (Å²) in [5.74, 6) is 0. The van der Waals surface area contributed by atoms with E-state index in [0.29, 0.717) is 31.4 Å². The molecule has 2 rings (SSSR count). The first-order valence-electron chi connectivity index (χ1n) is 6.33. The van der Waals surface area contributed by atoms with Crippen LogP contribution in [0.25, 0.3) is 0 Å². The Labute approximate surface area is 97.3 Å². The Kier molecular flexibility index (Phi) is 4.19. The molecule has 2 heterocycles. The lowest BCUT2D eigenvalue weighted by Crippen LogP contribution is -2.42. The lowest BCUT2D eigenvalue weighted by molar-refractivity contribution is 0.00438. The third-order valence-corrected chi connectivity index (χ3v) is 3.34. The summed E-state index contributed by atoms with van der Waals surface area (Å²) < 4.78 is 11.1. The highest BCUT2D eigenvalue weighted by Crippen LogP contribution is 2.34. The largest absolute Gasteiger partial charge is 0.389 e. The van der Waals surface area contributed by atoms with Crippen molar-refractivity contribution in [3.8, 4) is 0 Å². The van der Waals surface area contributed by atoms with Crippen LogP contribution in [0, 0.1) is 0 Å². The van der Waals surface area contributed by atoms with E-state index >= 15 is 0 Å². The molecule has 2 bridgehead atoms. The van der Waals surface area contributed by atoms with Gasteiger partial charge in [0.25, 0.3) is 0 Å². The molecule has 0 spiro atoms. The molecule has 4 nitrogen and oxygen atoms in total. The van der Waals surface area contributed by atoms with Gasteiger partial charge in [-0.1, -0.05) is 0 Å². The minimum atomic E-state index is -0.415. The quantitative estimate of drug-likeness (QED) is 0.703. The molecule has 2 aliphatic heterocycles. The molecular weight excluding hydrogens is 206 g/mol. The molecular formula is C12H23NO3. The van der Waals surface area contributed by atoms with E-state index in [4.69, 9.17) is 9.47 Å². The Morgan fingerprint density at radius 2 is 2.25 bits per heavy atom.